The fourth-order valence-corrected chi connectivity index (χ4v) is 3.65. The predicted octanol–water partition coefficient (Wildman–Crippen LogP) is 2.13. The van der Waals surface area contributed by atoms with Gasteiger partial charge in [0.05, 0.1) is 13.2 Å². The van der Waals surface area contributed by atoms with Crippen LogP contribution in [-0.4, -0.2) is 53.1 Å². The number of hydrogen-bond donors (Lipinski definition) is 3. The normalized spacial score (nSPS) is 13.4. The molecule has 10 nitrogen and oxygen atoms in total. The molecule has 176 valence electrons. The quantitative estimate of drug-likeness (QED) is 0.490. The van der Waals surface area contributed by atoms with E-state index in [1.807, 2.05) is 4.90 Å². The van der Waals surface area contributed by atoms with Crippen LogP contribution >= 0.6 is 0 Å². The average Bonchev–Trinajstić information content (AvgIpc) is 2.85. The van der Waals surface area contributed by atoms with Gasteiger partial charge in [-0.15, -0.1) is 0 Å². The standard InChI is InChI=1S/C24H26N6O4/c1-16-20(23(33)29-24(26-16)30-11-13-34-14-12-30)5-6-21(31)27-19-4-2-3-17(15-19)22(32)28-18-7-9-25-10-8-18/h2-4,7-10,15H,5-6,11-14H2,1H3,(H,27,31)(H,25,28,32)(H,26,29,33). The van der Waals surface area contributed by atoms with E-state index in [0.29, 0.717) is 60.4 Å². The molecular weight excluding hydrogens is 436 g/mol. The molecule has 2 aromatic heterocycles. The third kappa shape index (κ3) is 5.84. The minimum Gasteiger partial charge on any atom is -0.378 e. The second kappa shape index (κ2) is 10.7. The Hall–Kier alpha value is -4.05. The molecule has 1 aliphatic heterocycles. The Kier molecular flexibility index (Phi) is 7.28. The molecule has 10 heteroatoms. The number of pyridine rings is 1. The zero-order chi connectivity index (χ0) is 23.9. The molecule has 4 rings (SSSR count). The molecule has 1 fully saturated rings. The van der Waals surface area contributed by atoms with E-state index in [-0.39, 0.29) is 30.2 Å². The number of aromatic amines is 1. The smallest absolute Gasteiger partial charge is 0.255 e. The van der Waals surface area contributed by atoms with E-state index in [1.54, 1.807) is 55.7 Å². The summed E-state index contributed by atoms with van der Waals surface area (Å²) < 4.78 is 5.34. The molecule has 34 heavy (non-hydrogen) atoms. The maximum atomic E-state index is 12.6. The zero-order valence-corrected chi connectivity index (χ0v) is 18.8. The Morgan fingerprint density at radius 1 is 1.09 bits per heavy atom. The molecule has 1 aliphatic rings. The minimum absolute atomic E-state index is 0.107. The first kappa shape index (κ1) is 23.1. The van der Waals surface area contributed by atoms with Crippen LogP contribution in [0.15, 0.2) is 53.6 Å². The summed E-state index contributed by atoms with van der Waals surface area (Å²) in [5, 5.41) is 5.57. The number of aryl methyl sites for hydroxylation is 1. The van der Waals surface area contributed by atoms with E-state index < -0.39 is 0 Å². The fraction of sp³-hybridized carbons (Fsp3) is 0.292. The van der Waals surface area contributed by atoms with Crippen molar-refractivity contribution in [1.82, 2.24) is 15.0 Å². The van der Waals surface area contributed by atoms with Crippen molar-refractivity contribution < 1.29 is 14.3 Å². The number of rotatable bonds is 7. The zero-order valence-electron chi connectivity index (χ0n) is 18.8. The van der Waals surface area contributed by atoms with Crippen LogP contribution in [0.2, 0.25) is 0 Å². The van der Waals surface area contributed by atoms with Crippen LogP contribution in [0.1, 0.15) is 28.0 Å². The number of aromatic nitrogens is 3. The maximum absolute atomic E-state index is 12.6. The molecule has 1 saturated heterocycles. The van der Waals surface area contributed by atoms with E-state index >= 15 is 0 Å². The predicted molar refractivity (Wildman–Crippen MR) is 128 cm³/mol. The SMILES string of the molecule is Cc1nc(N2CCOCC2)[nH]c(=O)c1CCC(=O)Nc1cccc(C(=O)Nc2ccncc2)c1. The van der Waals surface area contributed by atoms with Gasteiger partial charge in [-0.3, -0.25) is 24.4 Å². The number of morpholine rings is 1. The van der Waals surface area contributed by atoms with Crippen LogP contribution in [0.5, 0.6) is 0 Å². The second-order valence-electron chi connectivity index (χ2n) is 7.87. The highest BCUT2D eigenvalue weighted by molar-refractivity contribution is 6.05. The van der Waals surface area contributed by atoms with Crippen molar-refractivity contribution in [3.63, 3.8) is 0 Å². The Labute approximate surface area is 196 Å². The minimum atomic E-state index is -0.295. The van der Waals surface area contributed by atoms with Crippen molar-refractivity contribution in [1.29, 1.82) is 0 Å². The highest BCUT2D eigenvalue weighted by atomic mass is 16.5. The van der Waals surface area contributed by atoms with E-state index in [2.05, 4.69) is 25.6 Å². The molecule has 0 atom stereocenters. The number of H-pyrrole nitrogens is 1. The molecule has 0 bridgehead atoms. The van der Waals surface area contributed by atoms with Gasteiger partial charge >= 0.3 is 0 Å². The first-order valence-corrected chi connectivity index (χ1v) is 11.0. The molecule has 0 unspecified atom stereocenters. The second-order valence-corrected chi connectivity index (χ2v) is 7.87. The molecular formula is C24H26N6O4. The van der Waals surface area contributed by atoms with Gasteiger partial charge in [0.25, 0.3) is 11.5 Å². The van der Waals surface area contributed by atoms with Crippen LogP contribution in [0, 0.1) is 6.92 Å². The maximum Gasteiger partial charge on any atom is 0.255 e. The summed E-state index contributed by atoms with van der Waals surface area (Å²) in [6, 6.07) is 10.0. The number of amides is 2. The number of anilines is 3. The molecule has 0 aliphatic carbocycles. The lowest BCUT2D eigenvalue weighted by Gasteiger charge is -2.27. The fourth-order valence-electron chi connectivity index (χ4n) is 3.65. The van der Waals surface area contributed by atoms with Crippen molar-refractivity contribution in [2.75, 3.05) is 41.8 Å². The molecule has 0 saturated carbocycles. The van der Waals surface area contributed by atoms with Crippen molar-refractivity contribution in [2.45, 2.75) is 19.8 Å². The lowest BCUT2D eigenvalue weighted by Crippen LogP contribution is -2.38. The molecule has 3 aromatic rings. The van der Waals surface area contributed by atoms with Crippen LogP contribution in [0.4, 0.5) is 17.3 Å². The van der Waals surface area contributed by atoms with Crippen molar-refractivity contribution in [3.8, 4) is 0 Å². The molecule has 0 spiro atoms. The van der Waals surface area contributed by atoms with Crippen molar-refractivity contribution >= 4 is 29.1 Å². The van der Waals surface area contributed by atoms with E-state index in [0.717, 1.165) is 0 Å². The first-order valence-electron chi connectivity index (χ1n) is 11.0. The van der Waals surface area contributed by atoms with Gasteiger partial charge in [0.15, 0.2) is 0 Å². The Bertz CT molecular complexity index is 1220. The topological polar surface area (TPSA) is 129 Å². The lowest BCUT2D eigenvalue weighted by atomic mass is 10.1. The third-order valence-electron chi connectivity index (χ3n) is 5.47. The van der Waals surface area contributed by atoms with Crippen LogP contribution in [-0.2, 0) is 16.0 Å². The summed E-state index contributed by atoms with van der Waals surface area (Å²) in [6.45, 7) is 4.30. The van der Waals surface area contributed by atoms with E-state index in [4.69, 9.17) is 4.74 Å². The number of carbonyl (C=O) groups excluding carboxylic acids is 2. The van der Waals surface area contributed by atoms with Crippen molar-refractivity contribution in [2.24, 2.45) is 0 Å². The number of benzene rings is 1. The van der Waals surface area contributed by atoms with Gasteiger partial charge in [0, 0.05) is 60.1 Å². The number of ether oxygens (including phenoxy) is 1. The number of carbonyl (C=O) groups is 2. The summed E-state index contributed by atoms with van der Waals surface area (Å²) >= 11 is 0. The Balaban J connectivity index is 1.35. The lowest BCUT2D eigenvalue weighted by molar-refractivity contribution is -0.116. The monoisotopic (exact) mass is 462 g/mol. The molecule has 3 N–H and O–H groups in total. The molecule has 1 aromatic carbocycles. The molecule has 0 radical (unpaired) electrons. The largest absolute Gasteiger partial charge is 0.378 e. The Morgan fingerprint density at radius 3 is 2.59 bits per heavy atom. The van der Waals surface area contributed by atoms with E-state index in [9.17, 15) is 14.4 Å². The summed E-state index contributed by atoms with van der Waals surface area (Å²) in [5.74, 6) is -0.0282. The number of nitrogens with zero attached hydrogens (tertiary/aromatic N) is 3. The summed E-state index contributed by atoms with van der Waals surface area (Å²) in [5.41, 5.74) is 2.38. The van der Waals surface area contributed by atoms with Gasteiger partial charge in [-0.1, -0.05) is 6.07 Å². The van der Waals surface area contributed by atoms with Crippen LogP contribution in [0.3, 0.4) is 0 Å². The highest BCUT2D eigenvalue weighted by Crippen LogP contribution is 2.15. The van der Waals surface area contributed by atoms with Crippen LogP contribution < -0.4 is 21.1 Å². The summed E-state index contributed by atoms with van der Waals surface area (Å²) in [7, 11) is 0. The Morgan fingerprint density at radius 2 is 1.85 bits per heavy atom. The average molecular weight is 463 g/mol. The van der Waals surface area contributed by atoms with Gasteiger partial charge in [-0.05, 0) is 43.7 Å². The third-order valence-corrected chi connectivity index (χ3v) is 5.47. The van der Waals surface area contributed by atoms with Gasteiger partial charge in [-0.25, -0.2) is 4.98 Å². The molecule has 3 heterocycles. The number of nitrogens with one attached hydrogen (secondary N) is 3. The summed E-state index contributed by atoms with van der Waals surface area (Å²) in [6.07, 6.45) is 3.54. The first-order chi connectivity index (χ1) is 16.5. The van der Waals surface area contributed by atoms with Gasteiger partial charge in [-0.2, -0.15) is 0 Å². The highest BCUT2D eigenvalue weighted by Gasteiger charge is 2.17. The van der Waals surface area contributed by atoms with Gasteiger partial charge in [0.2, 0.25) is 11.9 Å². The summed E-state index contributed by atoms with van der Waals surface area (Å²) in [4.78, 5) is 50.9. The van der Waals surface area contributed by atoms with Gasteiger partial charge < -0.3 is 20.3 Å². The van der Waals surface area contributed by atoms with Gasteiger partial charge in [0.1, 0.15) is 0 Å². The molecule has 2 amide bonds. The number of hydrogen-bond acceptors (Lipinski definition) is 7. The van der Waals surface area contributed by atoms with Crippen LogP contribution in [0.25, 0.3) is 0 Å². The van der Waals surface area contributed by atoms with E-state index in [1.165, 1.54) is 0 Å². The van der Waals surface area contributed by atoms with Crippen molar-refractivity contribution in [3.05, 3.63) is 76.0 Å².